The Morgan fingerprint density at radius 3 is 2.81 bits per heavy atom. The zero-order valence-corrected chi connectivity index (χ0v) is 14.7. The topological polar surface area (TPSA) is 74.5 Å². The summed E-state index contributed by atoms with van der Waals surface area (Å²) in [4.78, 5) is 12.2. The van der Waals surface area contributed by atoms with Gasteiger partial charge in [0, 0.05) is 6.07 Å². The lowest BCUT2D eigenvalue weighted by molar-refractivity contribution is 0.0695. The van der Waals surface area contributed by atoms with Crippen LogP contribution in [0.15, 0.2) is 47.1 Å². The number of carbonyl (C=O) groups excluding carboxylic acids is 1. The Hall–Kier alpha value is -2.86. The molecule has 3 aromatic rings. The summed E-state index contributed by atoms with van der Waals surface area (Å²) in [6, 6.07) is 10.5. The molecule has 1 aliphatic rings. The number of furan rings is 1. The van der Waals surface area contributed by atoms with Gasteiger partial charge in [0.15, 0.2) is 10.9 Å². The van der Waals surface area contributed by atoms with Crippen molar-refractivity contribution >= 4 is 17.6 Å². The van der Waals surface area contributed by atoms with Crippen LogP contribution in [-0.4, -0.2) is 16.2 Å². The number of nitrogens with zero attached hydrogens (tertiary/aromatic N) is 2. The second kappa shape index (κ2) is 6.80. The second-order valence-electron chi connectivity index (χ2n) is 6.07. The predicted molar refractivity (Wildman–Crippen MR) is 93.9 cm³/mol. The molecule has 4 rings (SSSR count). The van der Waals surface area contributed by atoms with Crippen LogP contribution < -0.4 is 9.47 Å². The van der Waals surface area contributed by atoms with Crippen molar-refractivity contribution < 1.29 is 18.7 Å². The molecular formula is C19H15ClN2O4. The number of esters is 1. The lowest BCUT2D eigenvalue weighted by Gasteiger charge is -2.14. The SMILES string of the molecule is Cc1cccc(C2CC2)c1Oc1nnc(Cl)cc1OC(=O)c1ccco1. The number of rotatable bonds is 5. The average Bonchev–Trinajstić information content (AvgIpc) is 3.31. The zero-order valence-electron chi connectivity index (χ0n) is 13.9. The molecule has 0 bridgehead atoms. The van der Waals surface area contributed by atoms with Crippen molar-refractivity contribution in [3.8, 4) is 17.4 Å². The molecule has 6 nitrogen and oxygen atoms in total. The third-order valence-corrected chi connectivity index (χ3v) is 4.27. The smallest absolute Gasteiger partial charge is 0.379 e. The van der Waals surface area contributed by atoms with Crippen LogP contribution in [0, 0.1) is 6.92 Å². The van der Waals surface area contributed by atoms with E-state index >= 15 is 0 Å². The third kappa shape index (κ3) is 3.41. The Labute approximate surface area is 154 Å². The van der Waals surface area contributed by atoms with Crippen molar-refractivity contribution in [1.82, 2.24) is 10.2 Å². The molecule has 0 atom stereocenters. The predicted octanol–water partition coefficient (Wildman–Crippen LogP) is 4.92. The normalized spacial score (nSPS) is 13.5. The van der Waals surface area contributed by atoms with Crippen LogP contribution in [0.2, 0.25) is 5.15 Å². The van der Waals surface area contributed by atoms with Gasteiger partial charge in [-0.15, -0.1) is 10.2 Å². The van der Waals surface area contributed by atoms with Crippen molar-refractivity contribution in [3.63, 3.8) is 0 Å². The third-order valence-electron chi connectivity index (χ3n) is 4.08. The summed E-state index contributed by atoms with van der Waals surface area (Å²) in [6.07, 6.45) is 3.65. The molecule has 0 spiro atoms. The van der Waals surface area contributed by atoms with Crippen molar-refractivity contribution in [2.24, 2.45) is 0 Å². The standard InChI is InChI=1S/C19H15ClN2O4/c1-11-4-2-5-13(12-7-8-12)17(11)26-18-15(10-16(20)21-22-18)25-19(23)14-6-3-9-24-14/h2-6,9-10,12H,7-8H2,1H3. The highest BCUT2D eigenvalue weighted by atomic mass is 35.5. The van der Waals surface area contributed by atoms with Gasteiger partial charge in [-0.25, -0.2) is 4.79 Å². The molecule has 1 aromatic carbocycles. The molecule has 0 radical (unpaired) electrons. The van der Waals surface area contributed by atoms with E-state index in [0.717, 1.165) is 24.0 Å². The Balaban J connectivity index is 1.66. The van der Waals surface area contributed by atoms with Gasteiger partial charge >= 0.3 is 5.97 Å². The van der Waals surface area contributed by atoms with Crippen LogP contribution in [-0.2, 0) is 0 Å². The molecular weight excluding hydrogens is 356 g/mol. The number of benzene rings is 1. The van der Waals surface area contributed by atoms with Gasteiger partial charge in [0.05, 0.1) is 6.26 Å². The summed E-state index contributed by atoms with van der Waals surface area (Å²) >= 11 is 5.91. The van der Waals surface area contributed by atoms with Crippen LogP contribution >= 0.6 is 11.6 Å². The summed E-state index contributed by atoms with van der Waals surface area (Å²) < 4.78 is 16.4. The van der Waals surface area contributed by atoms with E-state index in [4.69, 9.17) is 25.5 Å². The van der Waals surface area contributed by atoms with Gasteiger partial charge in [-0.1, -0.05) is 29.8 Å². The molecule has 2 aromatic heterocycles. The molecule has 0 aliphatic heterocycles. The van der Waals surface area contributed by atoms with Gasteiger partial charge in [0.2, 0.25) is 5.76 Å². The monoisotopic (exact) mass is 370 g/mol. The highest BCUT2D eigenvalue weighted by molar-refractivity contribution is 6.29. The van der Waals surface area contributed by atoms with Gasteiger partial charge in [-0.2, -0.15) is 0 Å². The average molecular weight is 371 g/mol. The first-order valence-electron chi connectivity index (χ1n) is 8.18. The lowest BCUT2D eigenvalue weighted by Crippen LogP contribution is -2.09. The minimum absolute atomic E-state index is 0.0680. The number of carbonyl (C=O) groups is 1. The fourth-order valence-corrected chi connectivity index (χ4v) is 2.79. The summed E-state index contributed by atoms with van der Waals surface area (Å²) in [7, 11) is 0. The van der Waals surface area contributed by atoms with E-state index < -0.39 is 5.97 Å². The van der Waals surface area contributed by atoms with Crippen LogP contribution in [0.3, 0.4) is 0 Å². The summed E-state index contributed by atoms with van der Waals surface area (Å²) in [5.74, 6) is 0.748. The molecule has 1 saturated carbocycles. The number of hydrogen-bond donors (Lipinski definition) is 0. The summed E-state index contributed by atoms with van der Waals surface area (Å²) in [5, 5.41) is 7.85. The Morgan fingerprint density at radius 2 is 2.08 bits per heavy atom. The van der Waals surface area contributed by atoms with Gasteiger partial charge in [-0.05, 0) is 48.9 Å². The van der Waals surface area contributed by atoms with Crippen molar-refractivity contribution in [3.05, 3.63) is 64.7 Å². The highest BCUT2D eigenvalue weighted by Crippen LogP contribution is 2.46. The van der Waals surface area contributed by atoms with Crippen LogP contribution in [0.25, 0.3) is 0 Å². The van der Waals surface area contributed by atoms with Crippen molar-refractivity contribution in [2.45, 2.75) is 25.7 Å². The zero-order chi connectivity index (χ0) is 18.1. The first kappa shape index (κ1) is 16.6. The minimum Gasteiger partial charge on any atom is -0.457 e. The highest BCUT2D eigenvalue weighted by Gasteiger charge is 2.28. The van der Waals surface area contributed by atoms with Crippen molar-refractivity contribution in [2.75, 3.05) is 0 Å². The summed E-state index contributed by atoms with van der Waals surface area (Å²) in [6.45, 7) is 1.96. The van der Waals surface area contributed by atoms with Crippen LogP contribution in [0.4, 0.5) is 0 Å². The maximum absolute atomic E-state index is 12.2. The molecule has 1 aliphatic carbocycles. The van der Waals surface area contributed by atoms with E-state index in [0.29, 0.717) is 11.7 Å². The molecule has 7 heteroatoms. The first-order chi connectivity index (χ1) is 12.6. The minimum atomic E-state index is -0.670. The number of halogens is 1. The summed E-state index contributed by atoms with van der Waals surface area (Å²) in [5.41, 5.74) is 2.08. The Bertz CT molecular complexity index is 952. The molecule has 2 heterocycles. The quantitative estimate of drug-likeness (QED) is 0.593. The lowest BCUT2D eigenvalue weighted by atomic mass is 10.1. The van der Waals surface area contributed by atoms with Crippen LogP contribution in [0.5, 0.6) is 17.4 Å². The number of ether oxygens (including phenoxy) is 2. The number of aryl methyl sites for hydroxylation is 1. The van der Waals surface area contributed by atoms with E-state index in [1.54, 1.807) is 6.07 Å². The van der Waals surface area contributed by atoms with E-state index in [-0.39, 0.29) is 22.5 Å². The molecule has 132 valence electrons. The van der Waals surface area contributed by atoms with E-state index in [9.17, 15) is 4.79 Å². The van der Waals surface area contributed by atoms with Gasteiger partial charge in [-0.3, -0.25) is 0 Å². The fourth-order valence-electron chi connectivity index (χ4n) is 2.66. The number of aromatic nitrogens is 2. The van der Waals surface area contributed by atoms with E-state index in [1.165, 1.54) is 18.4 Å². The second-order valence-corrected chi connectivity index (χ2v) is 6.46. The Morgan fingerprint density at radius 1 is 1.23 bits per heavy atom. The number of para-hydroxylation sites is 1. The van der Waals surface area contributed by atoms with E-state index in [1.807, 2.05) is 25.1 Å². The van der Waals surface area contributed by atoms with Gasteiger partial charge in [0.1, 0.15) is 5.75 Å². The fraction of sp³-hybridized carbons (Fsp3) is 0.211. The van der Waals surface area contributed by atoms with Gasteiger partial charge < -0.3 is 13.9 Å². The largest absolute Gasteiger partial charge is 0.457 e. The van der Waals surface area contributed by atoms with Gasteiger partial charge in [0.25, 0.3) is 5.88 Å². The molecule has 0 amide bonds. The van der Waals surface area contributed by atoms with Crippen LogP contribution in [0.1, 0.15) is 40.4 Å². The maximum atomic E-state index is 12.2. The molecule has 0 saturated heterocycles. The molecule has 0 unspecified atom stereocenters. The van der Waals surface area contributed by atoms with E-state index in [2.05, 4.69) is 10.2 Å². The maximum Gasteiger partial charge on any atom is 0.379 e. The Kier molecular flexibility index (Phi) is 4.34. The molecule has 0 N–H and O–H groups in total. The first-order valence-corrected chi connectivity index (χ1v) is 8.56. The van der Waals surface area contributed by atoms with Crippen molar-refractivity contribution in [1.29, 1.82) is 0 Å². The molecule has 26 heavy (non-hydrogen) atoms. The molecule has 1 fully saturated rings. The number of hydrogen-bond acceptors (Lipinski definition) is 6.